The van der Waals surface area contributed by atoms with Gasteiger partial charge < -0.3 is 24.7 Å². The van der Waals surface area contributed by atoms with E-state index in [4.69, 9.17) is 9.47 Å². The molecular formula is C16H22Cl2N4O3. The Bertz CT molecular complexity index is 634. The van der Waals surface area contributed by atoms with E-state index >= 15 is 0 Å². The normalized spacial score (nSPS) is 16.2. The van der Waals surface area contributed by atoms with Gasteiger partial charge in [-0.05, 0) is 12.1 Å². The number of nitrogens with zero attached hydrogens (tertiary/aromatic N) is 2. The number of ether oxygens (including phenoxy) is 2. The van der Waals surface area contributed by atoms with Crippen LogP contribution in [0.5, 0.6) is 5.75 Å². The maximum Gasteiger partial charge on any atom is 0.254 e. The lowest BCUT2D eigenvalue weighted by molar-refractivity contribution is -0.128. The molecule has 0 radical (unpaired) electrons. The first-order valence-corrected chi connectivity index (χ1v) is 7.64. The third-order valence-electron chi connectivity index (χ3n) is 3.53. The van der Waals surface area contributed by atoms with Gasteiger partial charge in [-0.15, -0.1) is 24.8 Å². The molecule has 1 saturated heterocycles. The lowest BCUT2D eigenvalue weighted by atomic mass is 10.2. The topological polar surface area (TPSA) is 77.4 Å². The number of nitrogens with one attached hydrogen (secondary N) is 2. The number of carbonyl (C=O) groups excluding carboxylic acids is 1. The standard InChI is InChI=1S/C16H20N4O3.2ClH/c21-16(15-11-17-6-9-22-15)19-13-3-1-2-4-14(13)23-10-8-20-7-5-18-12-20;;/h1-5,7,12,15,17H,6,8-11H2,(H,19,21);2*1H. The van der Waals surface area contributed by atoms with Crippen molar-refractivity contribution >= 4 is 36.4 Å². The average Bonchev–Trinajstić information content (AvgIpc) is 3.10. The van der Waals surface area contributed by atoms with Crippen molar-refractivity contribution in [3.63, 3.8) is 0 Å². The number of benzene rings is 1. The van der Waals surface area contributed by atoms with Crippen LogP contribution >= 0.6 is 24.8 Å². The Morgan fingerprint density at radius 1 is 1.40 bits per heavy atom. The SMILES string of the molecule is Cl.Cl.O=C(Nc1ccccc1OCCn1ccnc1)C1CNCCO1. The third-order valence-corrected chi connectivity index (χ3v) is 3.53. The van der Waals surface area contributed by atoms with E-state index in [9.17, 15) is 4.79 Å². The highest BCUT2D eigenvalue weighted by atomic mass is 35.5. The van der Waals surface area contributed by atoms with E-state index in [2.05, 4.69) is 15.6 Å². The molecule has 0 aliphatic carbocycles. The molecule has 0 spiro atoms. The van der Waals surface area contributed by atoms with Gasteiger partial charge in [0.25, 0.3) is 5.91 Å². The molecule has 7 nitrogen and oxygen atoms in total. The van der Waals surface area contributed by atoms with E-state index in [1.54, 1.807) is 12.5 Å². The fourth-order valence-corrected chi connectivity index (χ4v) is 2.32. The summed E-state index contributed by atoms with van der Waals surface area (Å²) in [6.07, 6.45) is 4.88. The molecule has 3 rings (SSSR count). The molecule has 1 aromatic carbocycles. The monoisotopic (exact) mass is 388 g/mol. The average molecular weight is 389 g/mol. The summed E-state index contributed by atoms with van der Waals surface area (Å²) in [5, 5.41) is 6.02. The van der Waals surface area contributed by atoms with Gasteiger partial charge in [-0.1, -0.05) is 12.1 Å². The Balaban J connectivity index is 0.00000156. The van der Waals surface area contributed by atoms with Crippen LogP contribution in [0.4, 0.5) is 5.69 Å². The number of anilines is 1. The Morgan fingerprint density at radius 3 is 2.96 bits per heavy atom. The second-order valence-corrected chi connectivity index (χ2v) is 5.20. The van der Waals surface area contributed by atoms with Crippen LogP contribution in [0, 0.1) is 0 Å². The van der Waals surface area contributed by atoms with Crippen LogP contribution in [0.1, 0.15) is 0 Å². The molecule has 1 atom stereocenters. The summed E-state index contributed by atoms with van der Waals surface area (Å²) in [5.74, 6) is 0.479. The molecule has 1 aromatic heterocycles. The van der Waals surface area contributed by atoms with Crippen molar-refractivity contribution in [2.24, 2.45) is 0 Å². The largest absolute Gasteiger partial charge is 0.490 e. The molecule has 2 aromatic rings. The fourth-order valence-electron chi connectivity index (χ4n) is 2.32. The number of halogens is 2. The van der Waals surface area contributed by atoms with Gasteiger partial charge in [0.05, 0.1) is 25.2 Å². The zero-order chi connectivity index (χ0) is 15.9. The highest BCUT2D eigenvalue weighted by Crippen LogP contribution is 2.24. The number of morpholine rings is 1. The second-order valence-electron chi connectivity index (χ2n) is 5.20. The minimum Gasteiger partial charge on any atom is -0.490 e. The molecule has 0 bridgehead atoms. The van der Waals surface area contributed by atoms with E-state index in [0.717, 1.165) is 6.54 Å². The quantitative estimate of drug-likeness (QED) is 0.787. The van der Waals surface area contributed by atoms with Gasteiger partial charge in [-0.3, -0.25) is 4.79 Å². The zero-order valence-corrected chi connectivity index (χ0v) is 15.2. The minimum absolute atomic E-state index is 0. The molecule has 1 aliphatic heterocycles. The predicted octanol–water partition coefficient (Wildman–Crippen LogP) is 1.73. The minimum atomic E-state index is -0.470. The van der Waals surface area contributed by atoms with Gasteiger partial charge in [0, 0.05) is 25.5 Å². The lowest BCUT2D eigenvalue weighted by Crippen LogP contribution is -2.45. The first-order valence-electron chi connectivity index (χ1n) is 7.64. The number of hydrogen-bond acceptors (Lipinski definition) is 5. The van der Waals surface area contributed by atoms with Gasteiger partial charge in [-0.25, -0.2) is 4.98 Å². The van der Waals surface area contributed by atoms with Crippen molar-refractivity contribution < 1.29 is 14.3 Å². The Hall–Kier alpha value is -1.80. The van der Waals surface area contributed by atoms with Crippen molar-refractivity contribution in [3.8, 4) is 5.75 Å². The molecular weight excluding hydrogens is 367 g/mol. The van der Waals surface area contributed by atoms with Crippen LogP contribution in [0.2, 0.25) is 0 Å². The second kappa shape index (κ2) is 10.9. The summed E-state index contributed by atoms with van der Waals surface area (Å²) in [4.78, 5) is 16.2. The highest BCUT2D eigenvalue weighted by molar-refractivity contribution is 5.95. The van der Waals surface area contributed by atoms with Gasteiger partial charge in [0.2, 0.25) is 0 Å². The van der Waals surface area contributed by atoms with Crippen molar-refractivity contribution in [1.82, 2.24) is 14.9 Å². The van der Waals surface area contributed by atoms with Crippen LogP contribution in [0.3, 0.4) is 0 Å². The van der Waals surface area contributed by atoms with Crippen molar-refractivity contribution in [2.75, 3.05) is 31.6 Å². The van der Waals surface area contributed by atoms with E-state index in [1.165, 1.54) is 0 Å². The molecule has 9 heteroatoms. The number of amides is 1. The summed E-state index contributed by atoms with van der Waals surface area (Å²) in [6, 6.07) is 7.39. The molecule has 0 saturated carbocycles. The van der Waals surface area contributed by atoms with Gasteiger partial charge in [0.15, 0.2) is 0 Å². The number of rotatable bonds is 6. The smallest absolute Gasteiger partial charge is 0.254 e. The zero-order valence-electron chi connectivity index (χ0n) is 13.6. The molecule has 1 aliphatic rings. The van der Waals surface area contributed by atoms with Crippen LogP contribution in [0.25, 0.3) is 0 Å². The van der Waals surface area contributed by atoms with Crippen LogP contribution in [-0.4, -0.2) is 47.9 Å². The van der Waals surface area contributed by atoms with Crippen molar-refractivity contribution in [2.45, 2.75) is 12.6 Å². The van der Waals surface area contributed by atoms with E-state index in [-0.39, 0.29) is 30.7 Å². The number of hydrogen-bond donors (Lipinski definition) is 2. The molecule has 2 heterocycles. The molecule has 138 valence electrons. The first kappa shape index (κ1) is 21.2. The Morgan fingerprint density at radius 2 is 2.24 bits per heavy atom. The fraction of sp³-hybridized carbons (Fsp3) is 0.375. The summed E-state index contributed by atoms with van der Waals surface area (Å²) in [6.45, 7) is 3.02. The number of imidazole rings is 1. The van der Waals surface area contributed by atoms with E-state index in [0.29, 0.717) is 37.7 Å². The predicted molar refractivity (Wildman–Crippen MR) is 99.9 cm³/mol. The Labute approximate surface area is 158 Å². The van der Waals surface area contributed by atoms with Gasteiger partial charge in [0.1, 0.15) is 18.5 Å². The Kier molecular flexibility index (Phi) is 9.30. The van der Waals surface area contributed by atoms with Crippen LogP contribution < -0.4 is 15.4 Å². The van der Waals surface area contributed by atoms with Gasteiger partial charge >= 0.3 is 0 Å². The summed E-state index contributed by atoms with van der Waals surface area (Å²) in [5.41, 5.74) is 0.650. The summed E-state index contributed by atoms with van der Waals surface area (Å²) < 4.78 is 13.2. The molecule has 25 heavy (non-hydrogen) atoms. The number of para-hydroxylation sites is 2. The van der Waals surface area contributed by atoms with E-state index < -0.39 is 6.10 Å². The van der Waals surface area contributed by atoms with Crippen molar-refractivity contribution in [3.05, 3.63) is 43.0 Å². The highest BCUT2D eigenvalue weighted by Gasteiger charge is 2.22. The molecule has 1 unspecified atom stereocenters. The number of carbonyl (C=O) groups is 1. The number of aromatic nitrogens is 2. The molecule has 2 N–H and O–H groups in total. The maximum atomic E-state index is 12.2. The van der Waals surface area contributed by atoms with Crippen molar-refractivity contribution in [1.29, 1.82) is 0 Å². The maximum absolute atomic E-state index is 12.2. The molecule has 1 amide bonds. The third kappa shape index (κ3) is 6.21. The molecule has 1 fully saturated rings. The summed E-state index contributed by atoms with van der Waals surface area (Å²) in [7, 11) is 0. The van der Waals surface area contributed by atoms with Crippen LogP contribution in [-0.2, 0) is 16.1 Å². The summed E-state index contributed by atoms with van der Waals surface area (Å²) >= 11 is 0. The van der Waals surface area contributed by atoms with Gasteiger partial charge in [-0.2, -0.15) is 0 Å². The first-order chi connectivity index (χ1) is 11.3. The van der Waals surface area contributed by atoms with Crippen LogP contribution in [0.15, 0.2) is 43.0 Å². The lowest BCUT2D eigenvalue weighted by Gasteiger charge is -2.23. The van der Waals surface area contributed by atoms with E-state index in [1.807, 2.05) is 35.0 Å².